The molecule has 4 aromatic rings. The van der Waals surface area contributed by atoms with Crippen LogP contribution < -0.4 is 4.90 Å². The second-order valence-electron chi connectivity index (χ2n) is 7.07. The molecule has 0 fully saturated rings. The smallest absolute Gasteiger partial charge is 0.148 e. The monoisotopic (exact) mass is 375 g/mol. The molecule has 5 rings (SSSR count). The van der Waals surface area contributed by atoms with Gasteiger partial charge in [-0.3, -0.25) is 4.90 Å². The molecule has 2 heterocycles. The first-order chi connectivity index (χ1) is 14.3. The van der Waals surface area contributed by atoms with Crippen molar-refractivity contribution in [3.05, 3.63) is 97.0 Å². The Labute approximate surface area is 170 Å². The maximum atomic E-state index is 4.68. The first-order valence-electron chi connectivity index (χ1n) is 9.83. The highest BCUT2D eigenvalue weighted by atomic mass is 15.2. The zero-order valence-electron chi connectivity index (χ0n) is 16.5. The molecule has 1 aromatic heterocycles. The molecule has 0 radical (unpaired) electrons. The SMILES string of the molecule is C/C=C\C(=C/C)c1cc2c3c(cccc3c1)N(c1ccccc1)c1ncncc1-2. The summed E-state index contributed by atoms with van der Waals surface area (Å²) in [5.74, 6) is 0.913. The van der Waals surface area contributed by atoms with Gasteiger partial charge in [-0.25, -0.2) is 9.97 Å². The maximum Gasteiger partial charge on any atom is 0.148 e. The molecule has 1 aliphatic rings. The van der Waals surface area contributed by atoms with Gasteiger partial charge in [0.25, 0.3) is 0 Å². The molecule has 0 spiro atoms. The van der Waals surface area contributed by atoms with Crippen molar-refractivity contribution in [2.24, 2.45) is 0 Å². The molecule has 0 atom stereocenters. The number of anilines is 3. The van der Waals surface area contributed by atoms with E-state index in [0.717, 1.165) is 22.8 Å². The average molecular weight is 375 g/mol. The Kier molecular flexibility index (Phi) is 4.21. The van der Waals surface area contributed by atoms with Crippen molar-refractivity contribution < 1.29 is 0 Å². The summed E-state index contributed by atoms with van der Waals surface area (Å²) in [6, 6.07) is 21.4. The van der Waals surface area contributed by atoms with Gasteiger partial charge in [0.15, 0.2) is 0 Å². The fraction of sp³-hybridized carbons (Fsp3) is 0.0769. The van der Waals surface area contributed by atoms with Crippen LogP contribution in [0.1, 0.15) is 19.4 Å². The molecular weight excluding hydrogens is 354 g/mol. The summed E-state index contributed by atoms with van der Waals surface area (Å²) >= 11 is 0. The molecule has 29 heavy (non-hydrogen) atoms. The van der Waals surface area contributed by atoms with Gasteiger partial charge in [-0.2, -0.15) is 0 Å². The number of allylic oxidation sites excluding steroid dienone is 4. The van der Waals surface area contributed by atoms with Crippen molar-refractivity contribution in [2.75, 3.05) is 4.90 Å². The fourth-order valence-electron chi connectivity index (χ4n) is 4.16. The minimum absolute atomic E-state index is 0.913. The van der Waals surface area contributed by atoms with Crippen molar-refractivity contribution in [1.82, 2.24) is 9.97 Å². The summed E-state index contributed by atoms with van der Waals surface area (Å²) in [7, 11) is 0. The van der Waals surface area contributed by atoms with Gasteiger partial charge < -0.3 is 0 Å². The van der Waals surface area contributed by atoms with E-state index in [-0.39, 0.29) is 0 Å². The van der Waals surface area contributed by atoms with Crippen LogP contribution in [0.5, 0.6) is 0 Å². The lowest BCUT2D eigenvalue weighted by atomic mass is 9.89. The minimum atomic E-state index is 0.913. The van der Waals surface area contributed by atoms with Crippen LogP contribution in [0.4, 0.5) is 17.2 Å². The molecule has 0 unspecified atom stereocenters. The maximum absolute atomic E-state index is 4.68. The highest BCUT2D eigenvalue weighted by Gasteiger charge is 2.27. The lowest BCUT2D eigenvalue weighted by Crippen LogP contribution is -2.16. The summed E-state index contributed by atoms with van der Waals surface area (Å²) in [5.41, 5.74) is 6.89. The van der Waals surface area contributed by atoms with Gasteiger partial charge in [0.1, 0.15) is 12.1 Å². The van der Waals surface area contributed by atoms with E-state index in [4.69, 9.17) is 0 Å². The van der Waals surface area contributed by atoms with Crippen LogP contribution in [0.2, 0.25) is 0 Å². The van der Waals surface area contributed by atoms with Crippen molar-refractivity contribution >= 4 is 33.5 Å². The van der Waals surface area contributed by atoms with Gasteiger partial charge >= 0.3 is 0 Å². The van der Waals surface area contributed by atoms with E-state index in [1.165, 1.54) is 27.5 Å². The molecule has 0 N–H and O–H groups in total. The summed E-state index contributed by atoms with van der Waals surface area (Å²) < 4.78 is 0. The van der Waals surface area contributed by atoms with Crippen molar-refractivity contribution in [3.8, 4) is 11.1 Å². The minimum Gasteiger partial charge on any atom is -0.294 e. The third kappa shape index (κ3) is 2.74. The fourth-order valence-corrected chi connectivity index (χ4v) is 4.16. The predicted octanol–water partition coefficient (Wildman–Crippen LogP) is 7.06. The molecule has 3 nitrogen and oxygen atoms in total. The lowest BCUT2D eigenvalue weighted by Gasteiger charge is -2.32. The molecule has 3 aromatic carbocycles. The van der Waals surface area contributed by atoms with Gasteiger partial charge in [-0.15, -0.1) is 0 Å². The number of fused-ring (bicyclic) bond motifs is 2. The quantitative estimate of drug-likeness (QED) is 0.316. The lowest BCUT2D eigenvalue weighted by molar-refractivity contribution is 1.11. The number of aromatic nitrogens is 2. The summed E-state index contributed by atoms with van der Waals surface area (Å²) in [6.07, 6.45) is 9.94. The second kappa shape index (κ2) is 7.02. The molecule has 140 valence electrons. The molecule has 0 bridgehead atoms. The predicted molar refractivity (Wildman–Crippen MR) is 122 cm³/mol. The van der Waals surface area contributed by atoms with E-state index in [1.807, 2.05) is 19.2 Å². The number of hydrogen-bond donors (Lipinski definition) is 0. The molecule has 0 aliphatic carbocycles. The van der Waals surface area contributed by atoms with Crippen LogP contribution >= 0.6 is 0 Å². The Bertz CT molecular complexity index is 1270. The largest absolute Gasteiger partial charge is 0.294 e. The molecule has 0 amide bonds. The summed E-state index contributed by atoms with van der Waals surface area (Å²) in [6.45, 7) is 4.13. The van der Waals surface area contributed by atoms with E-state index in [9.17, 15) is 0 Å². The highest BCUT2D eigenvalue weighted by molar-refractivity contribution is 6.14. The molecule has 3 heteroatoms. The molecule has 0 saturated heterocycles. The van der Waals surface area contributed by atoms with Gasteiger partial charge in [0, 0.05) is 22.8 Å². The molecular formula is C26H21N3. The Morgan fingerprint density at radius 2 is 1.79 bits per heavy atom. The number of rotatable bonds is 3. The van der Waals surface area contributed by atoms with E-state index >= 15 is 0 Å². The van der Waals surface area contributed by atoms with E-state index < -0.39 is 0 Å². The van der Waals surface area contributed by atoms with Crippen LogP contribution in [0, 0.1) is 0 Å². The third-order valence-electron chi connectivity index (χ3n) is 5.39. The Balaban J connectivity index is 1.87. The number of benzene rings is 3. The number of nitrogens with zero attached hydrogens (tertiary/aromatic N) is 3. The van der Waals surface area contributed by atoms with Gasteiger partial charge in [-0.05, 0) is 66.3 Å². The van der Waals surface area contributed by atoms with E-state index in [0.29, 0.717) is 0 Å². The number of hydrogen-bond acceptors (Lipinski definition) is 3. The topological polar surface area (TPSA) is 29.0 Å². The first kappa shape index (κ1) is 17.4. The third-order valence-corrected chi connectivity index (χ3v) is 5.39. The first-order valence-corrected chi connectivity index (χ1v) is 9.83. The van der Waals surface area contributed by atoms with Crippen LogP contribution in [0.25, 0.3) is 27.5 Å². The Morgan fingerprint density at radius 1 is 0.931 bits per heavy atom. The zero-order chi connectivity index (χ0) is 19.8. The second-order valence-corrected chi connectivity index (χ2v) is 7.07. The zero-order valence-corrected chi connectivity index (χ0v) is 16.5. The van der Waals surface area contributed by atoms with Gasteiger partial charge in [0.2, 0.25) is 0 Å². The Morgan fingerprint density at radius 3 is 2.59 bits per heavy atom. The van der Waals surface area contributed by atoms with E-state index in [1.54, 1.807) is 6.33 Å². The standard InChI is InChI=1S/C26H21N3/c1-3-9-18(4-2)20-14-19-10-8-13-24-25(19)22(15-20)23-16-27-17-28-26(23)29(24)21-11-6-5-7-12-21/h3-17H,1-2H3/b9-3-,18-4+. The average Bonchev–Trinajstić information content (AvgIpc) is 2.78. The summed E-state index contributed by atoms with van der Waals surface area (Å²) in [5, 5.41) is 2.45. The Hall–Kier alpha value is -3.72. The number of para-hydroxylation sites is 1. The van der Waals surface area contributed by atoms with Crippen LogP contribution in [0.3, 0.4) is 0 Å². The van der Waals surface area contributed by atoms with Crippen molar-refractivity contribution in [1.29, 1.82) is 0 Å². The molecule has 0 saturated carbocycles. The highest BCUT2D eigenvalue weighted by Crippen LogP contribution is 2.50. The van der Waals surface area contributed by atoms with Gasteiger partial charge in [0.05, 0.1) is 5.69 Å². The van der Waals surface area contributed by atoms with Crippen LogP contribution in [-0.2, 0) is 0 Å². The van der Waals surface area contributed by atoms with Crippen molar-refractivity contribution in [2.45, 2.75) is 13.8 Å². The summed E-state index contributed by atoms with van der Waals surface area (Å²) in [4.78, 5) is 11.3. The normalized spacial score (nSPS) is 13.2. The van der Waals surface area contributed by atoms with E-state index in [2.05, 4.69) is 94.6 Å². The van der Waals surface area contributed by atoms with Gasteiger partial charge in [-0.1, -0.05) is 48.6 Å². The molecule has 1 aliphatic heterocycles. The van der Waals surface area contributed by atoms with Crippen molar-refractivity contribution in [3.63, 3.8) is 0 Å². The van der Waals surface area contributed by atoms with Crippen LogP contribution in [-0.4, -0.2) is 9.97 Å². The van der Waals surface area contributed by atoms with Crippen LogP contribution in [0.15, 0.2) is 91.4 Å².